The van der Waals surface area contributed by atoms with E-state index in [2.05, 4.69) is 22.5 Å². The lowest BCUT2D eigenvalue weighted by Crippen LogP contribution is -2.18. The van der Waals surface area contributed by atoms with Gasteiger partial charge in [0.05, 0.1) is 11.9 Å². The lowest BCUT2D eigenvalue weighted by Gasteiger charge is -2.07. The normalized spacial score (nSPS) is 10.5. The molecule has 0 spiro atoms. The Morgan fingerprint density at radius 2 is 2.09 bits per heavy atom. The van der Waals surface area contributed by atoms with E-state index in [0.717, 1.165) is 0 Å². The first-order valence-electron chi connectivity index (χ1n) is 7.11. The van der Waals surface area contributed by atoms with Crippen LogP contribution >= 0.6 is 0 Å². The van der Waals surface area contributed by atoms with Crippen molar-refractivity contribution in [1.29, 1.82) is 0 Å². The largest absolute Gasteiger partial charge is 0.368 e. The molecule has 0 atom stereocenters. The predicted molar refractivity (Wildman–Crippen MR) is 84.3 cm³/mol. The smallest absolute Gasteiger partial charge is 0.239 e. The van der Waals surface area contributed by atoms with Gasteiger partial charge < -0.3 is 11.1 Å². The van der Waals surface area contributed by atoms with E-state index in [9.17, 15) is 9.59 Å². The summed E-state index contributed by atoms with van der Waals surface area (Å²) in [6.07, 6.45) is 4.16. The maximum absolute atomic E-state index is 12.0. The fraction of sp³-hybridized carbons (Fsp3) is 0.312. The lowest BCUT2D eigenvalue weighted by atomic mass is 10.0. The molecule has 1 aromatic carbocycles. The minimum atomic E-state index is -0.476. The average Bonchev–Trinajstić information content (AvgIpc) is 2.84. The number of primary amides is 1. The lowest BCUT2D eigenvalue weighted by molar-refractivity contribution is -0.118. The van der Waals surface area contributed by atoms with Crippen molar-refractivity contribution in [3.63, 3.8) is 0 Å². The van der Waals surface area contributed by atoms with Crippen LogP contribution in [0.5, 0.6) is 0 Å². The molecular weight excluding hydrogens is 280 g/mol. The number of aromatic nitrogens is 2. The van der Waals surface area contributed by atoms with Gasteiger partial charge in [-0.05, 0) is 31.4 Å². The highest BCUT2D eigenvalue weighted by atomic mass is 16.2. The highest BCUT2D eigenvalue weighted by Crippen LogP contribution is 2.13. The van der Waals surface area contributed by atoms with Gasteiger partial charge in [0.2, 0.25) is 11.8 Å². The summed E-state index contributed by atoms with van der Waals surface area (Å²) >= 11 is 0. The summed E-state index contributed by atoms with van der Waals surface area (Å²) in [5.41, 5.74) is 9.23. The van der Waals surface area contributed by atoms with Crippen molar-refractivity contribution in [1.82, 2.24) is 9.78 Å². The molecule has 0 bridgehead atoms. The molecule has 2 rings (SSSR count). The second kappa shape index (κ2) is 6.89. The first kappa shape index (κ1) is 15.8. The molecular formula is C16H20N4O2. The fourth-order valence-corrected chi connectivity index (χ4v) is 2.27. The van der Waals surface area contributed by atoms with Crippen molar-refractivity contribution >= 4 is 17.5 Å². The van der Waals surface area contributed by atoms with E-state index in [1.165, 1.54) is 27.6 Å². The number of nitrogens with two attached hydrogens (primary N) is 1. The van der Waals surface area contributed by atoms with Crippen molar-refractivity contribution in [2.45, 2.75) is 33.2 Å². The Balaban J connectivity index is 1.87. The number of aryl methyl sites for hydroxylation is 3. The predicted octanol–water partition coefficient (Wildman–Crippen LogP) is 1.56. The molecule has 0 aliphatic carbocycles. The molecule has 0 unspecified atom stereocenters. The highest BCUT2D eigenvalue weighted by molar-refractivity contribution is 5.90. The van der Waals surface area contributed by atoms with Gasteiger partial charge in [0.15, 0.2) is 0 Å². The molecule has 6 heteroatoms. The number of hydrogen-bond donors (Lipinski definition) is 2. The Kier molecular flexibility index (Phi) is 4.93. The zero-order chi connectivity index (χ0) is 16.1. The number of nitrogens with one attached hydrogen (secondary N) is 1. The van der Waals surface area contributed by atoms with Gasteiger partial charge in [-0.2, -0.15) is 5.10 Å². The first-order chi connectivity index (χ1) is 10.4. The third-order valence-corrected chi connectivity index (χ3v) is 3.35. The number of rotatable bonds is 6. The Morgan fingerprint density at radius 3 is 2.77 bits per heavy atom. The maximum Gasteiger partial charge on any atom is 0.239 e. The third-order valence-electron chi connectivity index (χ3n) is 3.35. The fourth-order valence-electron chi connectivity index (χ4n) is 2.27. The Labute approximate surface area is 129 Å². The van der Waals surface area contributed by atoms with E-state index in [4.69, 9.17) is 5.73 Å². The van der Waals surface area contributed by atoms with Crippen LogP contribution in [0, 0.1) is 13.8 Å². The standard InChI is InChI=1S/C16H20N4O2/c1-11-3-4-13(12(2)7-11)5-6-16(22)19-14-8-18-20(9-14)10-15(17)21/h3-4,7-9H,5-6,10H2,1-2H3,(H2,17,21)(H,19,22). The summed E-state index contributed by atoms with van der Waals surface area (Å²) in [6.45, 7) is 4.10. The van der Waals surface area contributed by atoms with Gasteiger partial charge in [-0.3, -0.25) is 14.3 Å². The molecule has 2 aromatic rings. The number of carbonyl (C=O) groups excluding carboxylic acids is 2. The van der Waals surface area contributed by atoms with E-state index in [1.807, 2.05) is 19.9 Å². The van der Waals surface area contributed by atoms with Crippen LogP contribution in [0.4, 0.5) is 5.69 Å². The summed E-state index contributed by atoms with van der Waals surface area (Å²) < 4.78 is 1.39. The van der Waals surface area contributed by atoms with E-state index in [-0.39, 0.29) is 12.5 Å². The molecule has 0 fully saturated rings. The van der Waals surface area contributed by atoms with Gasteiger partial charge in [0.1, 0.15) is 6.54 Å². The number of amides is 2. The van der Waals surface area contributed by atoms with Crippen LogP contribution in [-0.2, 0) is 22.6 Å². The van der Waals surface area contributed by atoms with Gasteiger partial charge in [0.25, 0.3) is 0 Å². The van der Waals surface area contributed by atoms with Gasteiger partial charge in [-0.15, -0.1) is 0 Å². The van der Waals surface area contributed by atoms with Gasteiger partial charge >= 0.3 is 0 Å². The summed E-state index contributed by atoms with van der Waals surface area (Å²) in [5, 5.41) is 6.71. The van der Waals surface area contributed by atoms with Crippen LogP contribution in [0.3, 0.4) is 0 Å². The van der Waals surface area contributed by atoms with Gasteiger partial charge in [0, 0.05) is 12.6 Å². The first-order valence-corrected chi connectivity index (χ1v) is 7.11. The molecule has 0 aliphatic rings. The monoisotopic (exact) mass is 300 g/mol. The SMILES string of the molecule is Cc1ccc(CCC(=O)Nc2cnn(CC(N)=O)c2)c(C)c1. The number of nitrogens with zero attached hydrogens (tertiary/aromatic N) is 2. The van der Waals surface area contributed by atoms with E-state index in [0.29, 0.717) is 18.5 Å². The van der Waals surface area contributed by atoms with Crippen LogP contribution in [-0.4, -0.2) is 21.6 Å². The van der Waals surface area contributed by atoms with Crippen LogP contribution in [0.2, 0.25) is 0 Å². The molecule has 0 radical (unpaired) electrons. The molecule has 0 saturated heterocycles. The Hall–Kier alpha value is -2.63. The minimum Gasteiger partial charge on any atom is -0.368 e. The minimum absolute atomic E-state index is 0.00156. The molecule has 6 nitrogen and oxygen atoms in total. The summed E-state index contributed by atoms with van der Waals surface area (Å²) in [5.74, 6) is -0.561. The topological polar surface area (TPSA) is 90.0 Å². The highest BCUT2D eigenvalue weighted by Gasteiger charge is 2.07. The van der Waals surface area contributed by atoms with Crippen molar-refractivity contribution < 1.29 is 9.59 Å². The number of anilines is 1. The number of carbonyl (C=O) groups is 2. The van der Waals surface area contributed by atoms with Crippen molar-refractivity contribution in [3.05, 3.63) is 47.3 Å². The molecule has 0 aliphatic heterocycles. The molecule has 22 heavy (non-hydrogen) atoms. The summed E-state index contributed by atoms with van der Waals surface area (Å²) in [6, 6.07) is 6.22. The van der Waals surface area contributed by atoms with E-state index >= 15 is 0 Å². The van der Waals surface area contributed by atoms with Crippen LogP contribution < -0.4 is 11.1 Å². The molecule has 3 N–H and O–H groups in total. The quantitative estimate of drug-likeness (QED) is 0.848. The Bertz CT molecular complexity index is 691. The van der Waals surface area contributed by atoms with E-state index in [1.54, 1.807) is 6.20 Å². The van der Waals surface area contributed by atoms with Gasteiger partial charge in [-0.1, -0.05) is 23.8 Å². The summed E-state index contributed by atoms with van der Waals surface area (Å²) in [7, 11) is 0. The molecule has 2 amide bonds. The Morgan fingerprint density at radius 1 is 1.32 bits per heavy atom. The van der Waals surface area contributed by atoms with Crippen molar-refractivity contribution in [2.24, 2.45) is 5.73 Å². The second-order valence-electron chi connectivity index (χ2n) is 5.37. The molecule has 1 heterocycles. The van der Waals surface area contributed by atoms with Crippen molar-refractivity contribution in [3.8, 4) is 0 Å². The number of benzene rings is 1. The molecule has 1 aromatic heterocycles. The maximum atomic E-state index is 12.0. The van der Waals surface area contributed by atoms with E-state index < -0.39 is 5.91 Å². The molecule has 0 saturated carbocycles. The second-order valence-corrected chi connectivity index (χ2v) is 5.37. The average molecular weight is 300 g/mol. The van der Waals surface area contributed by atoms with Crippen LogP contribution in [0.25, 0.3) is 0 Å². The number of hydrogen-bond acceptors (Lipinski definition) is 3. The molecule has 116 valence electrons. The zero-order valence-electron chi connectivity index (χ0n) is 12.8. The van der Waals surface area contributed by atoms with Gasteiger partial charge in [-0.25, -0.2) is 0 Å². The third kappa shape index (κ3) is 4.44. The zero-order valence-corrected chi connectivity index (χ0v) is 12.8. The van der Waals surface area contributed by atoms with Crippen LogP contribution in [0.15, 0.2) is 30.6 Å². The van der Waals surface area contributed by atoms with Crippen LogP contribution in [0.1, 0.15) is 23.1 Å². The summed E-state index contributed by atoms with van der Waals surface area (Å²) in [4.78, 5) is 22.7. The van der Waals surface area contributed by atoms with Crippen molar-refractivity contribution in [2.75, 3.05) is 5.32 Å².